The van der Waals surface area contributed by atoms with Crippen molar-refractivity contribution in [1.29, 1.82) is 0 Å². The molecule has 1 atom stereocenters. The largest absolute Gasteiger partial charge is 0.309 e. The van der Waals surface area contributed by atoms with Crippen LogP contribution in [0.5, 0.6) is 0 Å². The first-order chi connectivity index (χ1) is 7.84. The minimum atomic E-state index is -0.0441. The van der Waals surface area contributed by atoms with Gasteiger partial charge in [0.2, 0.25) is 0 Å². The van der Waals surface area contributed by atoms with E-state index in [1.165, 1.54) is 17.4 Å². The van der Waals surface area contributed by atoms with Crippen molar-refractivity contribution in [2.24, 2.45) is 0 Å². The summed E-state index contributed by atoms with van der Waals surface area (Å²) in [6, 6.07) is 3.67. The number of aromatic amines is 1. The Hall–Kier alpha value is -1.62. The summed E-state index contributed by atoms with van der Waals surface area (Å²) in [7, 11) is 0. The molecule has 0 saturated carbocycles. The van der Waals surface area contributed by atoms with Crippen molar-refractivity contribution in [3.8, 4) is 0 Å². The quantitative estimate of drug-likeness (QED) is 0.745. The summed E-state index contributed by atoms with van der Waals surface area (Å²) < 4.78 is 1.45. The number of fused-ring (bicyclic) bond motifs is 1. The number of hydrogen-bond donors (Lipinski definition) is 2. The van der Waals surface area contributed by atoms with Gasteiger partial charge in [-0.2, -0.15) is 0 Å². The molecule has 5 nitrogen and oxygen atoms in total. The van der Waals surface area contributed by atoms with Crippen LogP contribution in [0, 0.1) is 0 Å². The lowest BCUT2D eigenvalue weighted by Gasteiger charge is -2.22. The lowest BCUT2D eigenvalue weighted by molar-refractivity contribution is 0.405. The second kappa shape index (κ2) is 3.75. The van der Waals surface area contributed by atoms with Gasteiger partial charge in [0.15, 0.2) is 5.65 Å². The SMILES string of the molecule is O=c1cc(C2CCCCN2)nc2cc[nH]n12. The molecule has 1 saturated heterocycles. The molecule has 1 aliphatic rings. The van der Waals surface area contributed by atoms with Gasteiger partial charge in [-0.05, 0) is 19.4 Å². The van der Waals surface area contributed by atoms with Crippen molar-refractivity contribution in [2.45, 2.75) is 25.3 Å². The number of rotatable bonds is 1. The number of nitrogens with one attached hydrogen (secondary N) is 2. The van der Waals surface area contributed by atoms with Crippen molar-refractivity contribution in [1.82, 2.24) is 19.9 Å². The van der Waals surface area contributed by atoms with E-state index in [4.69, 9.17) is 0 Å². The van der Waals surface area contributed by atoms with Crippen molar-refractivity contribution in [2.75, 3.05) is 6.54 Å². The van der Waals surface area contributed by atoms with Crippen LogP contribution in [-0.2, 0) is 0 Å². The predicted molar refractivity (Wildman–Crippen MR) is 60.4 cm³/mol. The Morgan fingerprint density at radius 1 is 1.44 bits per heavy atom. The van der Waals surface area contributed by atoms with E-state index in [9.17, 15) is 4.79 Å². The second-order valence-corrected chi connectivity index (χ2v) is 4.18. The molecule has 3 heterocycles. The number of hydrogen-bond acceptors (Lipinski definition) is 3. The first-order valence-corrected chi connectivity index (χ1v) is 5.65. The van der Waals surface area contributed by atoms with Crippen LogP contribution in [0.3, 0.4) is 0 Å². The second-order valence-electron chi connectivity index (χ2n) is 4.18. The highest BCUT2D eigenvalue weighted by atomic mass is 16.1. The highest BCUT2D eigenvalue weighted by Gasteiger charge is 2.17. The monoisotopic (exact) mass is 218 g/mol. The maximum Gasteiger partial charge on any atom is 0.272 e. The van der Waals surface area contributed by atoms with Crippen LogP contribution < -0.4 is 10.9 Å². The molecule has 1 unspecified atom stereocenters. The van der Waals surface area contributed by atoms with E-state index in [1.807, 2.05) is 6.07 Å². The molecule has 0 aliphatic carbocycles. The van der Waals surface area contributed by atoms with Crippen molar-refractivity contribution in [3.05, 3.63) is 34.4 Å². The van der Waals surface area contributed by atoms with E-state index in [0.717, 1.165) is 18.7 Å². The Labute approximate surface area is 92.5 Å². The van der Waals surface area contributed by atoms with Crippen LogP contribution >= 0.6 is 0 Å². The lowest BCUT2D eigenvalue weighted by atomic mass is 10.0. The molecule has 1 fully saturated rings. The Morgan fingerprint density at radius 3 is 3.19 bits per heavy atom. The molecule has 2 aromatic rings. The zero-order chi connectivity index (χ0) is 11.0. The molecule has 0 radical (unpaired) electrons. The topological polar surface area (TPSA) is 62.2 Å². The van der Waals surface area contributed by atoms with E-state index in [2.05, 4.69) is 15.4 Å². The van der Waals surface area contributed by atoms with E-state index < -0.39 is 0 Å². The van der Waals surface area contributed by atoms with E-state index in [-0.39, 0.29) is 11.6 Å². The number of aromatic nitrogens is 3. The first-order valence-electron chi connectivity index (χ1n) is 5.65. The van der Waals surface area contributed by atoms with Gasteiger partial charge < -0.3 is 5.32 Å². The summed E-state index contributed by atoms with van der Waals surface area (Å²) in [4.78, 5) is 16.3. The average molecular weight is 218 g/mol. The molecule has 0 bridgehead atoms. The highest BCUT2D eigenvalue weighted by molar-refractivity contribution is 5.36. The fourth-order valence-corrected chi connectivity index (χ4v) is 2.23. The van der Waals surface area contributed by atoms with Gasteiger partial charge in [-0.25, -0.2) is 9.50 Å². The van der Waals surface area contributed by atoms with Crippen LogP contribution in [0.4, 0.5) is 0 Å². The van der Waals surface area contributed by atoms with Gasteiger partial charge in [-0.1, -0.05) is 6.42 Å². The lowest BCUT2D eigenvalue weighted by Crippen LogP contribution is -2.29. The Kier molecular flexibility index (Phi) is 2.25. The van der Waals surface area contributed by atoms with Crippen molar-refractivity contribution >= 4 is 5.65 Å². The Balaban J connectivity index is 2.06. The van der Waals surface area contributed by atoms with Crippen molar-refractivity contribution < 1.29 is 0 Å². The molecule has 2 aromatic heterocycles. The van der Waals surface area contributed by atoms with E-state index in [0.29, 0.717) is 5.65 Å². The molecule has 1 aliphatic heterocycles. The van der Waals surface area contributed by atoms with Gasteiger partial charge in [0, 0.05) is 24.4 Å². The van der Waals surface area contributed by atoms with Gasteiger partial charge >= 0.3 is 0 Å². The molecular formula is C11H14N4O. The Bertz CT molecular complexity index is 550. The smallest absolute Gasteiger partial charge is 0.272 e. The minimum Gasteiger partial charge on any atom is -0.309 e. The number of piperidine rings is 1. The predicted octanol–water partition coefficient (Wildman–Crippen LogP) is 0.837. The third-order valence-electron chi connectivity index (χ3n) is 3.07. The van der Waals surface area contributed by atoms with Crippen LogP contribution in [0.2, 0.25) is 0 Å². The number of nitrogens with zero attached hydrogens (tertiary/aromatic N) is 2. The average Bonchev–Trinajstić information content (AvgIpc) is 2.79. The van der Waals surface area contributed by atoms with Crippen LogP contribution in [-0.4, -0.2) is 21.1 Å². The summed E-state index contributed by atoms with van der Waals surface area (Å²) in [5.41, 5.74) is 1.51. The van der Waals surface area contributed by atoms with Crippen LogP contribution in [0.25, 0.3) is 5.65 Å². The minimum absolute atomic E-state index is 0.0441. The number of H-pyrrole nitrogens is 1. The van der Waals surface area contributed by atoms with Gasteiger partial charge in [0.05, 0.1) is 5.69 Å². The molecule has 84 valence electrons. The zero-order valence-corrected chi connectivity index (χ0v) is 8.94. The van der Waals surface area contributed by atoms with E-state index in [1.54, 1.807) is 12.3 Å². The van der Waals surface area contributed by atoms with Gasteiger partial charge in [0.1, 0.15) is 0 Å². The Morgan fingerprint density at radius 2 is 2.38 bits per heavy atom. The summed E-state index contributed by atoms with van der Waals surface area (Å²) in [5.74, 6) is 0. The molecule has 0 aromatic carbocycles. The third kappa shape index (κ3) is 1.53. The van der Waals surface area contributed by atoms with Crippen molar-refractivity contribution in [3.63, 3.8) is 0 Å². The molecule has 2 N–H and O–H groups in total. The molecular weight excluding hydrogens is 204 g/mol. The summed E-state index contributed by atoms with van der Waals surface area (Å²) in [5, 5.41) is 6.24. The maximum absolute atomic E-state index is 11.8. The zero-order valence-electron chi connectivity index (χ0n) is 8.94. The summed E-state index contributed by atoms with van der Waals surface area (Å²) in [6.45, 7) is 1.01. The molecule has 0 amide bonds. The fourth-order valence-electron chi connectivity index (χ4n) is 2.23. The van der Waals surface area contributed by atoms with E-state index >= 15 is 0 Å². The standard InChI is InChI=1S/C11H14N4O/c16-11-7-9(8-3-1-2-5-12-8)14-10-4-6-13-15(10)11/h4,6-8,12-13H,1-3,5H2. The first kappa shape index (κ1) is 9.59. The molecule has 5 heteroatoms. The molecule has 16 heavy (non-hydrogen) atoms. The summed E-state index contributed by atoms with van der Waals surface area (Å²) in [6.07, 6.45) is 5.20. The van der Waals surface area contributed by atoms with Gasteiger partial charge in [-0.15, -0.1) is 0 Å². The van der Waals surface area contributed by atoms with Gasteiger partial charge in [0.25, 0.3) is 5.56 Å². The van der Waals surface area contributed by atoms with Gasteiger partial charge in [-0.3, -0.25) is 9.89 Å². The summed E-state index contributed by atoms with van der Waals surface area (Å²) >= 11 is 0. The van der Waals surface area contributed by atoms with Crippen LogP contribution in [0.1, 0.15) is 31.0 Å². The normalized spacial score (nSPS) is 21.4. The third-order valence-corrected chi connectivity index (χ3v) is 3.07. The van der Waals surface area contributed by atoms with Crippen LogP contribution in [0.15, 0.2) is 23.1 Å². The molecule has 0 spiro atoms. The molecule has 3 rings (SSSR count). The highest BCUT2D eigenvalue weighted by Crippen LogP contribution is 2.20. The fraction of sp³-hybridized carbons (Fsp3) is 0.455. The maximum atomic E-state index is 11.8.